The molecule has 0 aliphatic carbocycles. The number of rotatable bonds is 13. The Bertz CT molecular complexity index is 1480. The number of nitrogens with one attached hydrogen (secondary N) is 3. The van der Waals surface area contributed by atoms with Crippen LogP contribution in [0.3, 0.4) is 0 Å². The number of aryl methyl sites for hydroxylation is 1. The van der Waals surface area contributed by atoms with Gasteiger partial charge in [-0.3, -0.25) is 10.2 Å². The zero-order valence-corrected chi connectivity index (χ0v) is 25.2. The summed E-state index contributed by atoms with van der Waals surface area (Å²) < 4.78 is 32.5. The van der Waals surface area contributed by atoms with Gasteiger partial charge < -0.3 is 21.1 Å². The second-order valence-electron chi connectivity index (χ2n) is 8.94. The van der Waals surface area contributed by atoms with Crippen molar-refractivity contribution >= 4 is 56.5 Å². The standard InChI is InChI=1S/C28H34N4O5S3/c1-4-37-25(33)11-6-5-7-14-31-28(34)32-20-12-13-22(18(2)15-20)19-9-8-10-21(16-19)40(35,36)24-17-23(26(29)30)39-27(24)38-3/h8-10,12-13,15-17H,4-7,11,14H2,1-3H3,(H3,29,30)(H2,31,32,34). The Morgan fingerprint density at radius 3 is 2.55 bits per heavy atom. The van der Waals surface area contributed by atoms with Gasteiger partial charge in [0.25, 0.3) is 0 Å². The molecule has 2 amide bonds. The van der Waals surface area contributed by atoms with Crippen LogP contribution in [-0.2, 0) is 19.4 Å². The Labute approximate surface area is 243 Å². The molecule has 3 rings (SSSR count). The van der Waals surface area contributed by atoms with E-state index in [4.69, 9.17) is 15.9 Å². The number of unbranched alkanes of at least 4 members (excludes halogenated alkanes) is 2. The first-order valence-corrected chi connectivity index (χ1v) is 16.3. The van der Waals surface area contributed by atoms with Crippen LogP contribution in [0.25, 0.3) is 11.1 Å². The smallest absolute Gasteiger partial charge is 0.319 e. The number of esters is 1. The molecule has 0 bridgehead atoms. The van der Waals surface area contributed by atoms with Gasteiger partial charge in [-0.05, 0) is 80.0 Å². The van der Waals surface area contributed by atoms with E-state index in [1.807, 2.05) is 25.1 Å². The van der Waals surface area contributed by atoms with Gasteiger partial charge >= 0.3 is 12.0 Å². The van der Waals surface area contributed by atoms with E-state index in [0.29, 0.717) is 34.3 Å². The molecule has 0 saturated carbocycles. The quantitative estimate of drug-likeness (QED) is 0.0634. The average molecular weight is 603 g/mol. The van der Waals surface area contributed by atoms with Crippen LogP contribution < -0.4 is 16.4 Å². The van der Waals surface area contributed by atoms with E-state index >= 15 is 0 Å². The maximum Gasteiger partial charge on any atom is 0.319 e. The fourth-order valence-corrected chi connectivity index (χ4v) is 7.93. The molecule has 9 nitrogen and oxygen atoms in total. The predicted octanol–water partition coefficient (Wildman–Crippen LogP) is 5.81. The van der Waals surface area contributed by atoms with E-state index in [2.05, 4.69) is 10.6 Å². The first-order chi connectivity index (χ1) is 19.1. The summed E-state index contributed by atoms with van der Waals surface area (Å²) in [5.41, 5.74) is 8.64. The molecule has 1 heterocycles. The van der Waals surface area contributed by atoms with Crippen LogP contribution in [0.1, 0.15) is 43.0 Å². The topological polar surface area (TPSA) is 151 Å². The fourth-order valence-electron chi connectivity index (χ4n) is 4.02. The van der Waals surface area contributed by atoms with Crippen molar-refractivity contribution < 1.29 is 22.7 Å². The third-order valence-electron chi connectivity index (χ3n) is 5.99. The van der Waals surface area contributed by atoms with Crippen molar-refractivity contribution in [3.05, 3.63) is 59.0 Å². The van der Waals surface area contributed by atoms with Crippen molar-refractivity contribution in [3.8, 4) is 11.1 Å². The maximum atomic E-state index is 13.5. The van der Waals surface area contributed by atoms with Crippen molar-refractivity contribution in [2.24, 2.45) is 5.73 Å². The van der Waals surface area contributed by atoms with Crippen LogP contribution >= 0.6 is 23.1 Å². The van der Waals surface area contributed by atoms with Gasteiger partial charge in [0.05, 0.1) is 25.5 Å². The van der Waals surface area contributed by atoms with Gasteiger partial charge in [-0.2, -0.15) is 0 Å². The van der Waals surface area contributed by atoms with Gasteiger partial charge in [0.15, 0.2) is 0 Å². The summed E-state index contributed by atoms with van der Waals surface area (Å²) in [6.45, 7) is 4.55. The summed E-state index contributed by atoms with van der Waals surface area (Å²) >= 11 is 2.49. The van der Waals surface area contributed by atoms with Crippen molar-refractivity contribution in [1.82, 2.24) is 5.32 Å². The van der Waals surface area contributed by atoms with E-state index in [-0.39, 0.29) is 27.6 Å². The summed E-state index contributed by atoms with van der Waals surface area (Å²) in [6, 6.07) is 13.3. The summed E-state index contributed by atoms with van der Waals surface area (Å²) in [5, 5.41) is 13.3. The largest absolute Gasteiger partial charge is 0.466 e. The highest BCUT2D eigenvalue weighted by molar-refractivity contribution is 8.01. The molecule has 0 atom stereocenters. The minimum atomic E-state index is -3.83. The SMILES string of the molecule is CCOC(=O)CCCCCNC(=O)Nc1ccc(-c2cccc(S(=O)(=O)c3cc(C(=N)N)sc3SC)c2)c(C)c1. The zero-order valence-electron chi connectivity index (χ0n) is 22.7. The molecule has 0 spiro atoms. The lowest BCUT2D eigenvalue weighted by Crippen LogP contribution is -2.29. The number of nitrogens with two attached hydrogens (primary N) is 1. The molecule has 3 aromatic rings. The van der Waals surface area contributed by atoms with Crippen molar-refractivity contribution in [3.63, 3.8) is 0 Å². The van der Waals surface area contributed by atoms with E-state index < -0.39 is 9.84 Å². The van der Waals surface area contributed by atoms with E-state index in [0.717, 1.165) is 36.0 Å². The number of thioether (sulfide) groups is 1. The van der Waals surface area contributed by atoms with Crippen LogP contribution in [0.2, 0.25) is 0 Å². The van der Waals surface area contributed by atoms with Crippen LogP contribution in [0.15, 0.2) is 62.5 Å². The summed E-state index contributed by atoms with van der Waals surface area (Å²) in [7, 11) is -3.83. The third kappa shape index (κ3) is 8.09. The first kappa shape index (κ1) is 31.2. The molecular formula is C28H34N4O5S3. The van der Waals surface area contributed by atoms with E-state index in [1.54, 1.807) is 37.4 Å². The second-order valence-corrected chi connectivity index (χ2v) is 13.0. The number of carbonyl (C=O) groups excluding carboxylic acids is 2. The Kier molecular flexibility index (Phi) is 11.2. The van der Waals surface area contributed by atoms with Gasteiger partial charge in [0.1, 0.15) is 5.84 Å². The molecule has 0 fully saturated rings. The number of ether oxygens (including phenoxy) is 1. The van der Waals surface area contributed by atoms with Gasteiger partial charge in [-0.1, -0.05) is 24.6 Å². The number of benzene rings is 2. The normalized spacial score (nSPS) is 11.2. The molecule has 0 aliphatic rings. The number of carbonyl (C=O) groups is 2. The summed E-state index contributed by atoms with van der Waals surface area (Å²) in [4.78, 5) is 24.4. The molecule has 0 aliphatic heterocycles. The number of anilines is 1. The average Bonchev–Trinajstić information content (AvgIpc) is 3.37. The number of hydrogen-bond acceptors (Lipinski definition) is 8. The minimum absolute atomic E-state index is 0.147. The number of thiophene rings is 1. The first-order valence-electron chi connectivity index (χ1n) is 12.8. The Morgan fingerprint density at radius 2 is 1.88 bits per heavy atom. The number of nitrogen functional groups attached to an aromatic ring is 1. The molecule has 12 heteroatoms. The van der Waals surface area contributed by atoms with E-state index in [9.17, 15) is 18.0 Å². The van der Waals surface area contributed by atoms with Crippen LogP contribution in [0, 0.1) is 12.3 Å². The lowest BCUT2D eigenvalue weighted by atomic mass is 10.00. The Balaban J connectivity index is 1.65. The van der Waals surface area contributed by atoms with Crippen molar-refractivity contribution in [2.45, 2.75) is 53.5 Å². The van der Waals surface area contributed by atoms with E-state index in [1.165, 1.54) is 29.2 Å². The monoisotopic (exact) mass is 602 g/mol. The Morgan fingerprint density at radius 1 is 1.10 bits per heavy atom. The van der Waals surface area contributed by atoms with Crippen LogP contribution in [0.5, 0.6) is 0 Å². The third-order valence-corrected chi connectivity index (χ3v) is 10.3. The number of amides is 2. The minimum Gasteiger partial charge on any atom is -0.466 e. The fraction of sp³-hybridized carbons (Fsp3) is 0.321. The number of sulfone groups is 1. The predicted molar refractivity (Wildman–Crippen MR) is 161 cm³/mol. The second kappa shape index (κ2) is 14.3. The molecule has 0 saturated heterocycles. The molecular weight excluding hydrogens is 569 g/mol. The van der Waals surface area contributed by atoms with Crippen molar-refractivity contribution in [1.29, 1.82) is 5.41 Å². The zero-order chi connectivity index (χ0) is 29.3. The van der Waals surface area contributed by atoms with Gasteiger partial charge in [-0.25, -0.2) is 13.2 Å². The highest BCUT2D eigenvalue weighted by atomic mass is 32.2. The van der Waals surface area contributed by atoms with Crippen molar-refractivity contribution in [2.75, 3.05) is 24.7 Å². The van der Waals surface area contributed by atoms with Gasteiger partial charge in [-0.15, -0.1) is 23.1 Å². The molecule has 40 heavy (non-hydrogen) atoms. The van der Waals surface area contributed by atoms with Gasteiger partial charge in [0.2, 0.25) is 9.84 Å². The van der Waals surface area contributed by atoms with Gasteiger partial charge in [0, 0.05) is 18.7 Å². The highest BCUT2D eigenvalue weighted by Crippen LogP contribution is 2.38. The number of amidine groups is 1. The van der Waals surface area contributed by atoms with Crippen LogP contribution in [0.4, 0.5) is 10.5 Å². The molecule has 0 unspecified atom stereocenters. The summed E-state index contributed by atoms with van der Waals surface area (Å²) in [5.74, 6) is -0.365. The molecule has 0 radical (unpaired) electrons. The molecule has 2 aromatic carbocycles. The lowest BCUT2D eigenvalue weighted by Gasteiger charge is -2.12. The Hall–Kier alpha value is -3.35. The molecule has 5 N–H and O–H groups in total. The molecule has 1 aromatic heterocycles. The summed E-state index contributed by atoms with van der Waals surface area (Å²) in [6.07, 6.45) is 4.46. The van der Waals surface area contributed by atoms with Crippen LogP contribution in [-0.4, -0.2) is 45.7 Å². The highest BCUT2D eigenvalue weighted by Gasteiger charge is 2.25. The molecule has 214 valence electrons. The number of hydrogen-bond donors (Lipinski definition) is 4. The number of urea groups is 1. The maximum absolute atomic E-state index is 13.5. The lowest BCUT2D eigenvalue weighted by molar-refractivity contribution is -0.143.